The number of nitrogens with zero attached hydrogens (tertiary/aromatic N) is 1. The summed E-state index contributed by atoms with van der Waals surface area (Å²) in [6.07, 6.45) is 3.30. The molecule has 1 saturated carbocycles. The van der Waals surface area contributed by atoms with E-state index in [-0.39, 0.29) is 18.4 Å². The van der Waals surface area contributed by atoms with Gasteiger partial charge in [0.05, 0.1) is 7.11 Å². The van der Waals surface area contributed by atoms with Crippen LogP contribution in [0.15, 0.2) is 18.2 Å². The van der Waals surface area contributed by atoms with Gasteiger partial charge in [-0.25, -0.2) is 9.18 Å². The number of esters is 1. The molecule has 27 heavy (non-hydrogen) atoms. The van der Waals surface area contributed by atoms with E-state index >= 15 is 0 Å². The van der Waals surface area contributed by atoms with Crippen LogP contribution in [-0.4, -0.2) is 42.0 Å². The van der Waals surface area contributed by atoms with Crippen molar-refractivity contribution in [2.45, 2.75) is 44.8 Å². The second-order valence-electron chi connectivity index (χ2n) is 7.06. The Balaban J connectivity index is 1.64. The van der Waals surface area contributed by atoms with E-state index in [4.69, 9.17) is 9.47 Å². The third-order valence-electron chi connectivity index (χ3n) is 5.42. The summed E-state index contributed by atoms with van der Waals surface area (Å²) in [7, 11) is 1.43. The molecular weight excluding hydrogens is 355 g/mol. The van der Waals surface area contributed by atoms with Crippen LogP contribution in [0.25, 0.3) is 0 Å². The Bertz CT molecular complexity index is 768. The second kappa shape index (κ2) is 7.54. The summed E-state index contributed by atoms with van der Waals surface area (Å²) < 4.78 is 23.6. The molecule has 7 nitrogen and oxygen atoms in total. The van der Waals surface area contributed by atoms with Crippen LogP contribution in [0, 0.1) is 11.7 Å². The van der Waals surface area contributed by atoms with Crippen LogP contribution in [0.5, 0.6) is 5.75 Å². The lowest BCUT2D eigenvalue weighted by molar-refractivity contribution is -0.149. The fourth-order valence-corrected chi connectivity index (χ4v) is 3.83. The molecule has 2 aliphatic rings. The molecule has 1 heterocycles. The zero-order valence-electron chi connectivity index (χ0n) is 15.4. The van der Waals surface area contributed by atoms with Gasteiger partial charge in [0, 0.05) is 5.56 Å². The Hall–Kier alpha value is -2.64. The SMILES string of the molecule is COc1ccc(F)cc1COC(=O)CN1C(=O)N[C@]2(CCCC[C@H]2C)C1=O. The molecule has 146 valence electrons. The predicted octanol–water partition coefficient (Wildman–Crippen LogP) is 2.38. The van der Waals surface area contributed by atoms with Crippen LogP contribution < -0.4 is 10.1 Å². The van der Waals surface area contributed by atoms with Crippen molar-refractivity contribution >= 4 is 17.9 Å². The maximum absolute atomic E-state index is 13.4. The zero-order chi connectivity index (χ0) is 19.6. The van der Waals surface area contributed by atoms with E-state index in [2.05, 4.69) is 5.32 Å². The topological polar surface area (TPSA) is 84.9 Å². The number of amides is 3. The Labute approximate surface area is 156 Å². The van der Waals surface area contributed by atoms with Crippen molar-refractivity contribution in [2.75, 3.05) is 13.7 Å². The van der Waals surface area contributed by atoms with Crippen LogP contribution in [0.2, 0.25) is 0 Å². The molecule has 0 unspecified atom stereocenters. The lowest BCUT2D eigenvalue weighted by Crippen LogP contribution is -2.54. The minimum absolute atomic E-state index is 0.0141. The monoisotopic (exact) mass is 378 g/mol. The second-order valence-corrected chi connectivity index (χ2v) is 7.06. The van der Waals surface area contributed by atoms with Gasteiger partial charge in [-0.15, -0.1) is 0 Å². The number of methoxy groups -OCH3 is 1. The Morgan fingerprint density at radius 1 is 1.37 bits per heavy atom. The van der Waals surface area contributed by atoms with Gasteiger partial charge < -0.3 is 14.8 Å². The van der Waals surface area contributed by atoms with E-state index in [1.165, 1.54) is 25.3 Å². The smallest absolute Gasteiger partial charge is 0.326 e. The Morgan fingerprint density at radius 2 is 2.15 bits per heavy atom. The molecule has 3 rings (SSSR count). The fourth-order valence-electron chi connectivity index (χ4n) is 3.83. The number of halogens is 1. The fraction of sp³-hybridized carbons (Fsp3) is 0.526. The van der Waals surface area contributed by atoms with Gasteiger partial charge >= 0.3 is 12.0 Å². The van der Waals surface area contributed by atoms with Gasteiger partial charge in [-0.05, 0) is 37.0 Å². The van der Waals surface area contributed by atoms with E-state index in [1.807, 2.05) is 6.92 Å². The van der Waals surface area contributed by atoms with Gasteiger partial charge in [-0.1, -0.05) is 19.8 Å². The van der Waals surface area contributed by atoms with Crippen LogP contribution in [-0.2, 0) is 20.9 Å². The molecule has 2 atom stereocenters. The first-order valence-electron chi connectivity index (χ1n) is 8.99. The maximum atomic E-state index is 13.4. The van der Waals surface area contributed by atoms with Crippen molar-refractivity contribution in [1.29, 1.82) is 0 Å². The van der Waals surface area contributed by atoms with E-state index in [0.29, 0.717) is 17.7 Å². The number of nitrogens with one attached hydrogen (secondary N) is 1. The first-order chi connectivity index (χ1) is 12.9. The highest BCUT2D eigenvalue weighted by Gasteiger charge is 2.55. The molecule has 0 bridgehead atoms. The number of hydrogen-bond acceptors (Lipinski definition) is 5. The molecule has 0 aromatic heterocycles. The van der Waals surface area contributed by atoms with Crippen molar-refractivity contribution in [3.05, 3.63) is 29.6 Å². The molecule has 1 aliphatic carbocycles. The average molecular weight is 378 g/mol. The highest BCUT2D eigenvalue weighted by atomic mass is 19.1. The lowest BCUT2D eigenvalue weighted by Gasteiger charge is -2.36. The number of urea groups is 1. The maximum Gasteiger partial charge on any atom is 0.326 e. The van der Waals surface area contributed by atoms with Crippen molar-refractivity contribution in [1.82, 2.24) is 10.2 Å². The van der Waals surface area contributed by atoms with E-state index in [0.717, 1.165) is 24.2 Å². The highest BCUT2D eigenvalue weighted by Crippen LogP contribution is 2.38. The number of carbonyl (C=O) groups is 3. The van der Waals surface area contributed by atoms with E-state index in [9.17, 15) is 18.8 Å². The molecule has 1 aromatic carbocycles. The van der Waals surface area contributed by atoms with E-state index < -0.39 is 29.9 Å². The number of rotatable bonds is 5. The van der Waals surface area contributed by atoms with Crippen LogP contribution >= 0.6 is 0 Å². The third kappa shape index (κ3) is 3.61. The largest absolute Gasteiger partial charge is 0.496 e. The normalized spacial score (nSPS) is 24.9. The van der Waals surface area contributed by atoms with Gasteiger partial charge in [0.2, 0.25) is 0 Å². The summed E-state index contributed by atoms with van der Waals surface area (Å²) in [4.78, 5) is 38.2. The van der Waals surface area contributed by atoms with Gasteiger partial charge in [0.15, 0.2) is 0 Å². The summed E-state index contributed by atoms with van der Waals surface area (Å²) in [6.45, 7) is 1.25. The molecule has 2 fully saturated rings. The number of ether oxygens (including phenoxy) is 2. The van der Waals surface area contributed by atoms with Crippen molar-refractivity contribution in [2.24, 2.45) is 5.92 Å². The van der Waals surface area contributed by atoms with Crippen LogP contribution in [0.3, 0.4) is 0 Å². The number of carbonyl (C=O) groups excluding carboxylic acids is 3. The molecule has 1 saturated heterocycles. The molecule has 1 aromatic rings. The van der Waals surface area contributed by atoms with Gasteiger partial charge in [0.25, 0.3) is 5.91 Å². The lowest BCUT2D eigenvalue weighted by atomic mass is 9.73. The number of benzene rings is 1. The standard InChI is InChI=1S/C19H23FN2O5/c1-12-5-3-4-8-19(12)17(24)22(18(25)21-19)10-16(23)27-11-13-9-14(20)6-7-15(13)26-2/h6-7,9,12H,3-5,8,10-11H2,1-2H3,(H,21,25)/t12-,19+/m1/s1. The highest BCUT2D eigenvalue weighted by molar-refractivity contribution is 6.08. The Kier molecular flexibility index (Phi) is 5.34. The van der Waals surface area contributed by atoms with Crippen molar-refractivity contribution in [3.63, 3.8) is 0 Å². The van der Waals surface area contributed by atoms with Crippen LogP contribution in [0.4, 0.5) is 9.18 Å². The molecule has 3 amide bonds. The summed E-state index contributed by atoms with van der Waals surface area (Å²) in [5.74, 6) is -1.20. The number of hydrogen-bond donors (Lipinski definition) is 1. The summed E-state index contributed by atoms with van der Waals surface area (Å²) >= 11 is 0. The first kappa shape index (κ1) is 19.1. The molecule has 1 N–H and O–H groups in total. The summed E-state index contributed by atoms with van der Waals surface area (Å²) in [6, 6.07) is 3.30. The predicted molar refractivity (Wildman–Crippen MR) is 93.4 cm³/mol. The van der Waals surface area contributed by atoms with Crippen molar-refractivity contribution < 1.29 is 28.2 Å². The van der Waals surface area contributed by atoms with Gasteiger partial charge in [-0.3, -0.25) is 14.5 Å². The van der Waals surface area contributed by atoms with Crippen molar-refractivity contribution in [3.8, 4) is 5.75 Å². The molecule has 8 heteroatoms. The minimum atomic E-state index is -0.915. The number of imide groups is 1. The molecule has 0 radical (unpaired) electrons. The quantitative estimate of drug-likeness (QED) is 0.628. The summed E-state index contributed by atoms with van der Waals surface area (Å²) in [5.41, 5.74) is -0.554. The van der Waals surface area contributed by atoms with E-state index in [1.54, 1.807) is 0 Å². The minimum Gasteiger partial charge on any atom is -0.496 e. The zero-order valence-corrected chi connectivity index (χ0v) is 15.4. The summed E-state index contributed by atoms with van der Waals surface area (Å²) in [5, 5.41) is 2.78. The van der Waals surface area contributed by atoms with Gasteiger partial charge in [0.1, 0.15) is 30.3 Å². The molecule has 1 spiro atoms. The van der Waals surface area contributed by atoms with Gasteiger partial charge in [-0.2, -0.15) is 0 Å². The first-order valence-corrected chi connectivity index (χ1v) is 8.99. The molecular formula is C19H23FN2O5. The Morgan fingerprint density at radius 3 is 2.85 bits per heavy atom. The van der Waals surface area contributed by atoms with Crippen LogP contribution in [0.1, 0.15) is 38.2 Å². The molecule has 1 aliphatic heterocycles. The third-order valence-corrected chi connectivity index (χ3v) is 5.42. The average Bonchev–Trinajstić information content (AvgIpc) is 2.87.